The van der Waals surface area contributed by atoms with Crippen LogP contribution >= 0.6 is 12.4 Å². The van der Waals surface area contributed by atoms with Crippen molar-refractivity contribution in [3.8, 4) is 17.2 Å². The second kappa shape index (κ2) is 10.1. The van der Waals surface area contributed by atoms with Gasteiger partial charge in [0, 0.05) is 18.2 Å². The molecule has 0 aromatic heterocycles. The van der Waals surface area contributed by atoms with Crippen molar-refractivity contribution in [1.82, 2.24) is 5.32 Å². The summed E-state index contributed by atoms with van der Waals surface area (Å²) < 4.78 is 10.9. The third kappa shape index (κ3) is 5.36. The molecule has 0 radical (unpaired) electrons. The molecule has 1 aliphatic rings. The van der Waals surface area contributed by atoms with Crippen LogP contribution in [0.5, 0.6) is 17.2 Å². The number of carbonyl (C=O) groups excluding carboxylic acids is 1. The molecule has 3 N–H and O–H groups in total. The van der Waals surface area contributed by atoms with E-state index < -0.39 is 10.8 Å². The molecular weight excluding hydrogens is 398 g/mol. The lowest BCUT2D eigenvalue weighted by molar-refractivity contribution is -0.384. The van der Waals surface area contributed by atoms with Gasteiger partial charge >= 0.3 is 0 Å². The number of nitrogens with zero attached hydrogens (tertiary/aromatic N) is 1. The molecule has 0 spiro atoms. The molecule has 3 rings (SSSR count). The smallest absolute Gasteiger partial charge is 0.270 e. The molecule has 0 heterocycles. The van der Waals surface area contributed by atoms with Crippen molar-refractivity contribution in [2.45, 2.75) is 25.3 Å². The van der Waals surface area contributed by atoms with Crippen LogP contribution in [0.15, 0.2) is 42.5 Å². The van der Waals surface area contributed by atoms with E-state index in [1.807, 2.05) is 0 Å². The largest absolute Gasteiger partial charge is 0.497 e. The normalized spacial score (nSPS) is 17.9. The van der Waals surface area contributed by atoms with E-state index in [-0.39, 0.29) is 41.4 Å². The van der Waals surface area contributed by atoms with Crippen LogP contribution in [0.4, 0.5) is 5.69 Å². The summed E-state index contributed by atoms with van der Waals surface area (Å²) in [5.41, 5.74) is 5.73. The Morgan fingerprint density at radius 2 is 1.90 bits per heavy atom. The molecule has 2 atom stereocenters. The fraction of sp³-hybridized carbons (Fsp3) is 0.350. The summed E-state index contributed by atoms with van der Waals surface area (Å²) in [6, 6.07) is 10.8. The molecule has 156 valence electrons. The van der Waals surface area contributed by atoms with Gasteiger partial charge in [-0.3, -0.25) is 14.9 Å². The molecule has 2 unspecified atom stereocenters. The van der Waals surface area contributed by atoms with E-state index in [0.717, 1.165) is 19.3 Å². The monoisotopic (exact) mass is 421 g/mol. The Kier molecular flexibility index (Phi) is 7.81. The first kappa shape index (κ1) is 22.4. The Bertz CT molecular complexity index is 860. The number of amides is 1. The summed E-state index contributed by atoms with van der Waals surface area (Å²) >= 11 is 0. The van der Waals surface area contributed by atoms with Crippen LogP contribution in [0, 0.1) is 16.0 Å². The zero-order chi connectivity index (χ0) is 20.1. The van der Waals surface area contributed by atoms with Crippen molar-refractivity contribution in [3.05, 3.63) is 58.1 Å². The van der Waals surface area contributed by atoms with Crippen molar-refractivity contribution in [2.75, 3.05) is 13.7 Å². The lowest BCUT2D eigenvalue weighted by atomic mass is 10.0. The molecule has 0 aliphatic heterocycles. The lowest BCUT2D eigenvalue weighted by Gasteiger charge is -2.20. The number of carbonyl (C=O) groups is 1. The SMILES string of the molecule is COc1ccc(Oc2ccc([N+](=O)[O-])cc2C(=O)NC2CCCC2CN)cc1.Cl. The number of benzene rings is 2. The van der Waals surface area contributed by atoms with Gasteiger partial charge in [0.25, 0.3) is 11.6 Å². The number of ether oxygens (including phenoxy) is 2. The van der Waals surface area contributed by atoms with Crippen LogP contribution in [0.1, 0.15) is 29.6 Å². The van der Waals surface area contributed by atoms with Gasteiger partial charge in [0.1, 0.15) is 17.2 Å². The van der Waals surface area contributed by atoms with Gasteiger partial charge in [0.15, 0.2) is 0 Å². The standard InChI is InChI=1S/C20H23N3O5.ClH/c1-27-15-6-8-16(9-7-15)28-19-10-5-14(23(25)26)11-17(19)20(24)22-18-4-2-3-13(18)12-21;/h5-11,13,18H,2-4,12,21H2,1H3,(H,22,24);1H. The van der Waals surface area contributed by atoms with Crippen LogP contribution in [0.2, 0.25) is 0 Å². The third-order valence-corrected chi connectivity index (χ3v) is 4.98. The van der Waals surface area contributed by atoms with Crippen LogP contribution in [-0.2, 0) is 0 Å². The van der Waals surface area contributed by atoms with Gasteiger partial charge in [-0.25, -0.2) is 0 Å². The van der Waals surface area contributed by atoms with E-state index in [9.17, 15) is 14.9 Å². The number of methoxy groups -OCH3 is 1. The molecular formula is C20H24ClN3O5. The van der Waals surface area contributed by atoms with Crippen molar-refractivity contribution in [3.63, 3.8) is 0 Å². The van der Waals surface area contributed by atoms with E-state index in [1.54, 1.807) is 31.4 Å². The summed E-state index contributed by atoms with van der Waals surface area (Å²) in [6.07, 6.45) is 2.81. The summed E-state index contributed by atoms with van der Waals surface area (Å²) in [5.74, 6) is 1.22. The zero-order valence-electron chi connectivity index (χ0n) is 16.0. The number of hydrogen-bond donors (Lipinski definition) is 2. The molecule has 9 heteroatoms. The average molecular weight is 422 g/mol. The predicted octanol–water partition coefficient (Wildman–Crippen LogP) is 3.67. The number of hydrogen-bond acceptors (Lipinski definition) is 6. The molecule has 8 nitrogen and oxygen atoms in total. The van der Waals surface area contributed by atoms with Gasteiger partial charge in [-0.05, 0) is 55.6 Å². The highest BCUT2D eigenvalue weighted by Gasteiger charge is 2.29. The number of nitro benzene ring substituents is 1. The Hall–Kier alpha value is -2.84. The quantitative estimate of drug-likeness (QED) is 0.520. The van der Waals surface area contributed by atoms with Crippen molar-refractivity contribution in [1.29, 1.82) is 0 Å². The van der Waals surface area contributed by atoms with Crippen LogP contribution in [-0.4, -0.2) is 30.5 Å². The van der Waals surface area contributed by atoms with E-state index in [2.05, 4.69) is 5.32 Å². The predicted molar refractivity (Wildman–Crippen MR) is 111 cm³/mol. The second-order valence-electron chi connectivity index (χ2n) is 6.72. The number of nitrogens with two attached hydrogens (primary N) is 1. The molecule has 1 saturated carbocycles. The minimum Gasteiger partial charge on any atom is -0.497 e. The van der Waals surface area contributed by atoms with E-state index in [4.69, 9.17) is 15.2 Å². The Morgan fingerprint density at radius 3 is 2.52 bits per heavy atom. The highest BCUT2D eigenvalue weighted by Crippen LogP contribution is 2.31. The summed E-state index contributed by atoms with van der Waals surface area (Å²) in [6.45, 7) is 0.495. The first-order chi connectivity index (χ1) is 13.5. The van der Waals surface area contributed by atoms with Gasteiger partial charge < -0.3 is 20.5 Å². The summed E-state index contributed by atoms with van der Waals surface area (Å²) in [7, 11) is 1.56. The van der Waals surface area contributed by atoms with Crippen LogP contribution < -0.4 is 20.5 Å². The second-order valence-corrected chi connectivity index (χ2v) is 6.72. The fourth-order valence-electron chi connectivity index (χ4n) is 3.42. The molecule has 2 aromatic carbocycles. The average Bonchev–Trinajstić information content (AvgIpc) is 3.15. The maximum Gasteiger partial charge on any atom is 0.270 e. The Labute approximate surface area is 174 Å². The zero-order valence-corrected chi connectivity index (χ0v) is 16.8. The minimum absolute atomic E-state index is 0. The van der Waals surface area contributed by atoms with Gasteiger partial charge in [-0.15, -0.1) is 12.4 Å². The molecule has 1 aliphatic carbocycles. The number of halogens is 1. The van der Waals surface area contributed by atoms with Crippen molar-refractivity contribution in [2.24, 2.45) is 11.7 Å². The maximum atomic E-state index is 12.9. The van der Waals surface area contributed by atoms with Gasteiger partial charge in [-0.1, -0.05) is 6.42 Å². The summed E-state index contributed by atoms with van der Waals surface area (Å²) in [5, 5.41) is 14.1. The maximum absolute atomic E-state index is 12.9. The minimum atomic E-state index is -0.536. The highest BCUT2D eigenvalue weighted by atomic mass is 35.5. The topological polar surface area (TPSA) is 117 Å². The first-order valence-corrected chi connectivity index (χ1v) is 9.13. The van der Waals surface area contributed by atoms with Crippen LogP contribution in [0.25, 0.3) is 0 Å². The van der Waals surface area contributed by atoms with Gasteiger partial charge in [-0.2, -0.15) is 0 Å². The van der Waals surface area contributed by atoms with Gasteiger partial charge in [0.05, 0.1) is 17.6 Å². The van der Waals surface area contributed by atoms with Gasteiger partial charge in [0.2, 0.25) is 0 Å². The molecule has 1 amide bonds. The van der Waals surface area contributed by atoms with E-state index >= 15 is 0 Å². The summed E-state index contributed by atoms with van der Waals surface area (Å²) in [4.78, 5) is 23.5. The highest BCUT2D eigenvalue weighted by molar-refractivity contribution is 5.98. The molecule has 0 saturated heterocycles. The number of rotatable bonds is 7. The van der Waals surface area contributed by atoms with Crippen molar-refractivity contribution < 1.29 is 19.2 Å². The molecule has 1 fully saturated rings. The fourth-order valence-corrected chi connectivity index (χ4v) is 3.42. The van der Waals surface area contributed by atoms with Crippen molar-refractivity contribution >= 4 is 24.0 Å². The number of non-ortho nitro benzene ring substituents is 1. The Morgan fingerprint density at radius 1 is 1.21 bits per heavy atom. The lowest BCUT2D eigenvalue weighted by Crippen LogP contribution is -2.40. The molecule has 29 heavy (non-hydrogen) atoms. The third-order valence-electron chi connectivity index (χ3n) is 4.98. The van der Waals surface area contributed by atoms with E-state index in [1.165, 1.54) is 18.2 Å². The molecule has 0 bridgehead atoms. The molecule has 2 aromatic rings. The first-order valence-electron chi connectivity index (χ1n) is 9.13. The Balaban J connectivity index is 0.00000300. The number of nitro groups is 1. The van der Waals surface area contributed by atoms with Crippen LogP contribution in [0.3, 0.4) is 0 Å². The van der Waals surface area contributed by atoms with E-state index in [0.29, 0.717) is 18.0 Å². The number of nitrogens with one attached hydrogen (secondary N) is 1.